The Bertz CT molecular complexity index is 860. The normalized spacial score (nSPS) is 14.3. The molecule has 0 spiro atoms. The SMILES string of the molecule is CCOc1cc(C=CC(=O)c2ccc(N3CCOCC3)c(F)c2)ccc1OC. The number of carbonyl (C=O) groups is 1. The lowest BCUT2D eigenvalue weighted by atomic mass is 10.1. The largest absolute Gasteiger partial charge is 0.493 e. The Kier molecular flexibility index (Phi) is 6.66. The van der Waals surface area contributed by atoms with E-state index in [-0.39, 0.29) is 5.78 Å². The lowest BCUT2D eigenvalue weighted by Gasteiger charge is -2.29. The molecule has 2 aromatic rings. The summed E-state index contributed by atoms with van der Waals surface area (Å²) in [6, 6.07) is 10.0. The predicted octanol–water partition coefficient (Wildman–Crippen LogP) is 3.97. The first-order valence-electron chi connectivity index (χ1n) is 9.28. The average Bonchev–Trinajstić information content (AvgIpc) is 2.73. The fraction of sp³-hybridized carbons (Fsp3) is 0.318. The maximum atomic E-state index is 14.5. The molecule has 0 unspecified atom stereocenters. The van der Waals surface area contributed by atoms with E-state index in [0.29, 0.717) is 55.7 Å². The van der Waals surface area contributed by atoms with Crippen LogP contribution in [0.15, 0.2) is 42.5 Å². The van der Waals surface area contributed by atoms with Crippen molar-refractivity contribution in [2.45, 2.75) is 6.92 Å². The van der Waals surface area contributed by atoms with Crippen LogP contribution in [-0.2, 0) is 4.74 Å². The molecule has 0 bridgehead atoms. The number of benzene rings is 2. The number of anilines is 1. The van der Waals surface area contributed by atoms with E-state index in [1.807, 2.05) is 17.9 Å². The molecule has 2 aromatic carbocycles. The van der Waals surface area contributed by atoms with Crippen LogP contribution in [0, 0.1) is 5.82 Å². The number of allylic oxidation sites excluding steroid dienone is 1. The molecule has 1 saturated heterocycles. The second-order valence-corrected chi connectivity index (χ2v) is 6.31. The number of ether oxygens (including phenoxy) is 3. The number of morpholine rings is 1. The summed E-state index contributed by atoms with van der Waals surface area (Å²) in [5, 5.41) is 0. The summed E-state index contributed by atoms with van der Waals surface area (Å²) in [4.78, 5) is 14.4. The van der Waals surface area contributed by atoms with E-state index in [4.69, 9.17) is 14.2 Å². The molecular weight excluding hydrogens is 361 g/mol. The van der Waals surface area contributed by atoms with Gasteiger partial charge in [0, 0.05) is 18.7 Å². The molecule has 0 amide bonds. The molecule has 0 atom stereocenters. The van der Waals surface area contributed by atoms with E-state index in [0.717, 1.165) is 5.56 Å². The van der Waals surface area contributed by atoms with Crippen molar-refractivity contribution >= 4 is 17.5 Å². The fourth-order valence-corrected chi connectivity index (χ4v) is 3.05. The molecule has 28 heavy (non-hydrogen) atoms. The molecule has 0 N–H and O–H groups in total. The number of carbonyl (C=O) groups excluding carboxylic acids is 1. The van der Waals surface area contributed by atoms with Crippen LogP contribution in [0.4, 0.5) is 10.1 Å². The van der Waals surface area contributed by atoms with Gasteiger partial charge in [0.15, 0.2) is 17.3 Å². The number of rotatable bonds is 7. The van der Waals surface area contributed by atoms with Crippen molar-refractivity contribution in [3.8, 4) is 11.5 Å². The first-order valence-corrected chi connectivity index (χ1v) is 9.28. The lowest BCUT2D eigenvalue weighted by Crippen LogP contribution is -2.36. The summed E-state index contributed by atoms with van der Waals surface area (Å²) in [6.07, 6.45) is 3.11. The van der Waals surface area contributed by atoms with Crippen LogP contribution >= 0.6 is 0 Å². The molecule has 0 aliphatic carbocycles. The van der Waals surface area contributed by atoms with Crippen LogP contribution in [0.1, 0.15) is 22.8 Å². The topological polar surface area (TPSA) is 48.0 Å². The average molecular weight is 385 g/mol. The Morgan fingerprint density at radius 3 is 2.64 bits per heavy atom. The third-order valence-electron chi connectivity index (χ3n) is 4.50. The summed E-state index contributed by atoms with van der Waals surface area (Å²) in [6.45, 7) is 4.84. The minimum atomic E-state index is -0.399. The van der Waals surface area contributed by atoms with Gasteiger partial charge in [0.2, 0.25) is 0 Å². The zero-order chi connectivity index (χ0) is 19.9. The summed E-state index contributed by atoms with van der Waals surface area (Å²) in [7, 11) is 1.58. The molecule has 0 radical (unpaired) electrons. The monoisotopic (exact) mass is 385 g/mol. The van der Waals surface area contributed by atoms with Crippen LogP contribution in [-0.4, -0.2) is 45.8 Å². The minimum absolute atomic E-state index is 0.263. The van der Waals surface area contributed by atoms with Gasteiger partial charge in [0.05, 0.1) is 32.6 Å². The van der Waals surface area contributed by atoms with Gasteiger partial charge in [-0.1, -0.05) is 12.1 Å². The van der Waals surface area contributed by atoms with Crippen molar-refractivity contribution in [3.05, 3.63) is 59.4 Å². The second kappa shape index (κ2) is 9.37. The first-order chi connectivity index (χ1) is 13.6. The van der Waals surface area contributed by atoms with Gasteiger partial charge in [0.25, 0.3) is 0 Å². The molecule has 0 aromatic heterocycles. The molecule has 5 nitrogen and oxygen atoms in total. The van der Waals surface area contributed by atoms with Gasteiger partial charge in [-0.15, -0.1) is 0 Å². The zero-order valence-electron chi connectivity index (χ0n) is 16.1. The van der Waals surface area contributed by atoms with E-state index in [2.05, 4.69) is 0 Å². The van der Waals surface area contributed by atoms with Crippen LogP contribution in [0.3, 0.4) is 0 Å². The molecule has 3 rings (SSSR count). The predicted molar refractivity (Wildman–Crippen MR) is 107 cm³/mol. The summed E-state index contributed by atoms with van der Waals surface area (Å²) >= 11 is 0. The highest BCUT2D eigenvalue weighted by atomic mass is 19.1. The molecular formula is C22H24FNO4. The highest BCUT2D eigenvalue weighted by Gasteiger charge is 2.16. The number of ketones is 1. The van der Waals surface area contributed by atoms with Crippen molar-refractivity contribution in [2.75, 3.05) is 44.9 Å². The van der Waals surface area contributed by atoms with Crippen LogP contribution in [0.2, 0.25) is 0 Å². The Hall–Kier alpha value is -2.86. The lowest BCUT2D eigenvalue weighted by molar-refractivity contribution is 0.104. The summed E-state index contributed by atoms with van der Waals surface area (Å²) in [5.41, 5.74) is 1.60. The van der Waals surface area contributed by atoms with Crippen molar-refractivity contribution in [2.24, 2.45) is 0 Å². The molecule has 1 heterocycles. The Balaban J connectivity index is 1.73. The van der Waals surface area contributed by atoms with Crippen LogP contribution < -0.4 is 14.4 Å². The standard InChI is InChI=1S/C22H24FNO4/c1-3-28-22-14-16(5-9-21(22)26-2)4-8-20(25)17-6-7-19(18(23)15-17)24-10-12-27-13-11-24/h4-9,14-15H,3,10-13H2,1-2H3. The molecule has 1 aliphatic rings. The van der Waals surface area contributed by atoms with Crippen LogP contribution in [0.25, 0.3) is 6.08 Å². The van der Waals surface area contributed by atoms with Crippen molar-refractivity contribution < 1.29 is 23.4 Å². The number of halogens is 1. The van der Waals surface area contributed by atoms with Gasteiger partial charge >= 0.3 is 0 Å². The number of methoxy groups -OCH3 is 1. The zero-order valence-corrected chi connectivity index (χ0v) is 16.1. The summed E-state index contributed by atoms with van der Waals surface area (Å²) in [5.74, 6) is 0.581. The van der Waals surface area contributed by atoms with Gasteiger partial charge in [-0.2, -0.15) is 0 Å². The van der Waals surface area contributed by atoms with Crippen molar-refractivity contribution in [3.63, 3.8) is 0 Å². The number of hydrogen-bond donors (Lipinski definition) is 0. The maximum absolute atomic E-state index is 14.5. The number of nitrogens with zero attached hydrogens (tertiary/aromatic N) is 1. The maximum Gasteiger partial charge on any atom is 0.185 e. The van der Waals surface area contributed by atoms with E-state index < -0.39 is 5.82 Å². The Labute approximate surface area is 164 Å². The van der Waals surface area contributed by atoms with Gasteiger partial charge in [0.1, 0.15) is 5.82 Å². The summed E-state index contributed by atoms with van der Waals surface area (Å²) < 4.78 is 30.6. The minimum Gasteiger partial charge on any atom is -0.493 e. The second-order valence-electron chi connectivity index (χ2n) is 6.31. The van der Waals surface area contributed by atoms with Crippen LogP contribution in [0.5, 0.6) is 11.5 Å². The van der Waals surface area contributed by atoms with Crippen molar-refractivity contribution in [1.29, 1.82) is 0 Å². The van der Waals surface area contributed by atoms with Crippen molar-refractivity contribution in [1.82, 2.24) is 0 Å². The van der Waals surface area contributed by atoms with Gasteiger partial charge in [-0.25, -0.2) is 4.39 Å². The van der Waals surface area contributed by atoms with Gasteiger partial charge < -0.3 is 19.1 Å². The fourth-order valence-electron chi connectivity index (χ4n) is 3.05. The molecule has 1 fully saturated rings. The van der Waals surface area contributed by atoms with E-state index in [1.54, 1.807) is 37.5 Å². The molecule has 1 aliphatic heterocycles. The molecule has 0 saturated carbocycles. The first kappa shape index (κ1) is 19.9. The van der Waals surface area contributed by atoms with E-state index >= 15 is 0 Å². The third kappa shape index (κ3) is 4.70. The Morgan fingerprint density at radius 2 is 1.96 bits per heavy atom. The van der Waals surface area contributed by atoms with E-state index in [1.165, 1.54) is 12.1 Å². The highest BCUT2D eigenvalue weighted by molar-refractivity contribution is 6.07. The van der Waals surface area contributed by atoms with Gasteiger partial charge in [-0.05, 0) is 48.9 Å². The quantitative estimate of drug-likeness (QED) is 0.533. The third-order valence-corrected chi connectivity index (χ3v) is 4.50. The highest BCUT2D eigenvalue weighted by Crippen LogP contribution is 2.28. The molecule has 148 valence electrons. The smallest absolute Gasteiger partial charge is 0.185 e. The van der Waals surface area contributed by atoms with Gasteiger partial charge in [-0.3, -0.25) is 4.79 Å². The number of hydrogen-bond acceptors (Lipinski definition) is 5. The Morgan fingerprint density at radius 1 is 1.18 bits per heavy atom. The van der Waals surface area contributed by atoms with E-state index in [9.17, 15) is 9.18 Å². The molecule has 6 heteroatoms.